The van der Waals surface area contributed by atoms with E-state index in [0.717, 1.165) is 16.7 Å². The molecule has 1 N–H and O–H groups in total. The van der Waals surface area contributed by atoms with Crippen LogP contribution in [0.2, 0.25) is 0 Å². The molecule has 2 amide bonds. The number of hydrogen-bond acceptors (Lipinski definition) is 5. The Morgan fingerprint density at radius 1 is 1.00 bits per heavy atom. The molecule has 160 valence electrons. The van der Waals surface area contributed by atoms with Crippen LogP contribution in [-0.4, -0.2) is 31.4 Å². The Bertz CT molecular complexity index is 1100. The molecule has 0 radical (unpaired) electrons. The first-order chi connectivity index (χ1) is 14.8. The minimum atomic E-state index is -0.672. The van der Waals surface area contributed by atoms with E-state index in [9.17, 15) is 14.4 Å². The molecule has 0 atom stereocenters. The number of para-hydroxylation sites is 1. The van der Waals surface area contributed by atoms with Gasteiger partial charge in [-0.3, -0.25) is 9.59 Å². The Morgan fingerprint density at radius 2 is 1.68 bits per heavy atom. The van der Waals surface area contributed by atoms with E-state index in [2.05, 4.69) is 5.32 Å². The molecule has 0 aliphatic carbocycles. The zero-order valence-electron chi connectivity index (χ0n) is 17.9. The largest absolute Gasteiger partial charge is 0.452 e. The zero-order valence-corrected chi connectivity index (χ0v) is 18.7. The van der Waals surface area contributed by atoms with Gasteiger partial charge in [0.2, 0.25) is 0 Å². The van der Waals surface area contributed by atoms with E-state index in [4.69, 9.17) is 4.74 Å². The standard InChI is InChI=1S/C24H24N2O4S/c1-15-12-16(2)22(17(3)13-15)25-21(27)14-30-24(29)18-8-5-6-9-19(18)26(4)23(28)20-10-7-11-31-20/h5-13H,14H2,1-4H3,(H,25,27). The summed E-state index contributed by atoms with van der Waals surface area (Å²) in [5.41, 5.74) is 4.33. The fourth-order valence-electron chi connectivity index (χ4n) is 3.38. The summed E-state index contributed by atoms with van der Waals surface area (Å²) in [7, 11) is 1.60. The molecule has 7 heteroatoms. The number of ether oxygens (including phenoxy) is 1. The second-order valence-corrected chi connectivity index (χ2v) is 8.20. The van der Waals surface area contributed by atoms with Gasteiger partial charge in [0, 0.05) is 12.7 Å². The van der Waals surface area contributed by atoms with Crippen molar-refractivity contribution in [3.63, 3.8) is 0 Å². The van der Waals surface area contributed by atoms with Crippen LogP contribution >= 0.6 is 11.3 Å². The van der Waals surface area contributed by atoms with Gasteiger partial charge >= 0.3 is 5.97 Å². The molecule has 31 heavy (non-hydrogen) atoms. The topological polar surface area (TPSA) is 75.7 Å². The number of carbonyl (C=O) groups is 3. The van der Waals surface area contributed by atoms with Gasteiger partial charge in [0.25, 0.3) is 11.8 Å². The monoisotopic (exact) mass is 436 g/mol. The van der Waals surface area contributed by atoms with Gasteiger partial charge in [-0.15, -0.1) is 11.3 Å². The number of nitrogens with zero attached hydrogens (tertiary/aromatic N) is 1. The first-order valence-corrected chi connectivity index (χ1v) is 10.6. The van der Waals surface area contributed by atoms with Crippen LogP contribution in [0.15, 0.2) is 53.9 Å². The minimum absolute atomic E-state index is 0.213. The summed E-state index contributed by atoms with van der Waals surface area (Å²) in [5.74, 6) is -1.32. The lowest BCUT2D eigenvalue weighted by molar-refractivity contribution is -0.119. The highest BCUT2D eigenvalue weighted by Gasteiger charge is 2.21. The molecule has 0 aliphatic heterocycles. The maximum atomic E-state index is 12.7. The molecular formula is C24H24N2O4S. The summed E-state index contributed by atoms with van der Waals surface area (Å²) in [4.78, 5) is 39.7. The van der Waals surface area contributed by atoms with Crippen LogP contribution in [0.3, 0.4) is 0 Å². The molecule has 0 aliphatic rings. The predicted molar refractivity (Wildman–Crippen MR) is 123 cm³/mol. The maximum absolute atomic E-state index is 12.7. The lowest BCUT2D eigenvalue weighted by atomic mass is 10.1. The molecular weight excluding hydrogens is 412 g/mol. The van der Waals surface area contributed by atoms with E-state index in [1.165, 1.54) is 16.2 Å². The van der Waals surface area contributed by atoms with Crippen LogP contribution < -0.4 is 10.2 Å². The van der Waals surface area contributed by atoms with Crippen LogP contribution in [-0.2, 0) is 9.53 Å². The van der Waals surface area contributed by atoms with Gasteiger partial charge in [-0.25, -0.2) is 4.79 Å². The third-order valence-electron chi connectivity index (χ3n) is 4.80. The Hall–Kier alpha value is -3.45. The van der Waals surface area contributed by atoms with Gasteiger partial charge < -0.3 is 15.0 Å². The number of esters is 1. The zero-order chi connectivity index (χ0) is 22.5. The normalized spacial score (nSPS) is 10.5. The lowest BCUT2D eigenvalue weighted by Crippen LogP contribution is -2.28. The molecule has 1 heterocycles. The van der Waals surface area contributed by atoms with Gasteiger partial charge in [-0.2, -0.15) is 0 Å². The molecule has 0 bridgehead atoms. The van der Waals surface area contributed by atoms with Crippen molar-refractivity contribution >= 4 is 40.5 Å². The van der Waals surface area contributed by atoms with Gasteiger partial charge in [0.05, 0.1) is 16.1 Å². The molecule has 6 nitrogen and oxygen atoms in total. The highest BCUT2D eigenvalue weighted by molar-refractivity contribution is 7.12. The summed E-state index contributed by atoms with van der Waals surface area (Å²) in [5, 5.41) is 4.62. The number of hydrogen-bond donors (Lipinski definition) is 1. The number of nitrogens with one attached hydrogen (secondary N) is 1. The van der Waals surface area contributed by atoms with Gasteiger partial charge in [0.1, 0.15) is 0 Å². The fourth-order valence-corrected chi connectivity index (χ4v) is 4.07. The van der Waals surface area contributed by atoms with Gasteiger partial charge in [0.15, 0.2) is 6.61 Å². The van der Waals surface area contributed by atoms with Crippen LogP contribution in [0.5, 0.6) is 0 Å². The van der Waals surface area contributed by atoms with Crippen LogP contribution in [0, 0.1) is 20.8 Å². The van der Waals surface area contributed by atoms with E-state index in [1.807, 2.05) is 38.3 Å². The van der Waals surface area contributed by atoms with Crippen molar-refractivity contribution in [1.29, 1.82) is 0 Å². The first kappa shape index (κ1) is 22.2. The van der Waals surface area contributed by atoms with E-state index >= 15 is 0 Å². The predicted octanol–water partition coefficient (Wildman–Crippen LogP) is 4.75. The SMILES string of the molecule is Cc1cc(C)c(NC(=O)COC(=O)c2ccccc2N(C)C(=O)c2cccs2)c(C)c1. The Kier molecular flexibility index (Phi) is 6.87. The molecule has 3 aromatic rings. The van der Waals surface area contributed by atoms with Gasteiger partial charge in [-0.05, 0) is 55.5 Å². The van der Waals surface area contributed by atoms with E-state index in [1.54, 1.807) is 43.4 Å². The van der Waals surface area contributed by atoms with Crippen LogP contribution in [0.4, 0.5) is 11.4 Å². The maximum Gasteiger partial charge on any atom is 0.340 e. The molecule has 0 saturated carbocycles. The molecule has 0 fully saturated rings. The number of benzene rings is 2. The second kappa shape index (κ2) is 9.57. The number of thiophene rings is 1. The van der Waals surface area contributed by atoms with Crippen molar-refractivity contribution in [3.8, 4) is 0 Å². The number of amides is 2. The summed E-state index contributed by atoms with van der Waals surface area (Å²) in [6.45, 7) is 5.39. The number of rotatable bonds is 6. The summed E-state index contributed by atoms with van der Waals surface area (Å²) in [6.07, 6.45) is 0. The third kappa shape index (κ3) is 5.19. The highest BCUT2D eigenvalue weighted by atomic mass is 32.1. The molecule has 1 aromatic heterocycles. The summed E-state index contributed by atoms with van der Waals surface area (Å²) >= 11 is 1.33. The quantitative estimate of drug-likeness (QED) is 0.566. The van der Waals surface area contributed by atoms with Crippen LogP contribution in [0.1, 0.15) is 36.7 Å². The van der Waals surface area contributed by atoms with Crippen molar-refractivity contribution in [1.82, 2.24) is 0 Å². The van der Waals surface area contributed by atoms with E-state index in [-0.39, 0.29) is 11.5 Å². The van der Waals surface area contributed by atoms with Gasteiger partial charge in [-0.1, -0.05) is 35.9 Å². The summed E-state index contributed by atoms with van der Waals surface area (Å²) in [6, 6.07) is 14.1. The Labute approximate surface area is 185 Å². The molecule has 0 unspecified atom stereocenters. The minimum Gasteiger partial charge on any atom is -0.452 e. The second-order valence-electron chi connectivity index (χ2n) is 7.26. The van der Waals surface area contributed by atoms with Crippen molar-refractivity contribution in [2.24, 2.45) is 0 Å². The smallest absolute Gasteiger partial charge is 0.340 e. The Balaban J connectivity index is 1.69. The average molecular weight is 437 g/mol. The van der Waals surface area contributed by atoms with E-state index in [0.29, 0.717) is 16.3 Å². The van der Waals surface area contributed by atoms with E-state index < -0.39 is 18.5 Å². The van der Waals surface area contributed by atoms with Crippen molar-refractivity contribution in [2.75, 3.05) is 23.9 Å². The van der Waals surface area contributed by atoms with Crippen molar-refractivity contribution < 1.29 is 19.1 Å². The molecule has 2 aromatic carbocycles. The lowest BCUT2D eigenvalue weighted by Gasteiger charge is -2.19. The van der Waals surface area contributed by atoms with Crippen molar-refractivity contribution in [2.45, 2.75) is 20.8 Å². The molecule has 0 spiro atoms. The number of carbonyl (C=O) groups excluding carboxylic acids is 3. The number of anilines is 2. The highest BCUT2D eigenvalue weighted by Crippen LogP contribution is 2.24. The third-order valence-corrected chi connectivity index (χ3v) is 5.66. The summed E-state index contributed by atoms with van der Waals surface area (Å²) < 4.78 is 5.24. The van der Waals surface area contributed by atoms with Crippen LogP contribution in [0.25, 0.3) is 0 Å². The van der Waals surface area contributed by atoms with Crippen molar-refractivity contribution in [3.05, 3.63) is 81.0 Å². The fraction of sp³-hybridized carbons (Fsp3) is 0.208. The molecule has 0 saturated heterocycles. The number of aryl methyl sites for hydroxylation is 3. The first-order valence-electron chi connectivity index (χ1n) is 9.73. The average Bonchev–Trinajstić information content (AvgIpc) is 3.28. The Morgan fingerprint density at radius 3 is 2.32 bits per heavy atom. The molecule has 3 rings (SSSR count).